The van der Waals surface area contributed by atoms with E-state index in [1.165, 1.54) is 19.3 Å². The largest absolute Gasteiger partial charge is 0.325 e. The van der Waals surface area contributed by atoms with Crippen molar-refractivity contribution in [1.29, 1.82) is 0 Å². The molecule has 1 aliphatic rings. The van der Waals surface area contributed by atoms with Crippen molar-refractivity contribution in [3.63, 3.8) is 0 Å². The molecule has 0 spiro atoms. The van der Waals surface area contributed by atoms with E-state index in [4.69, 9.17) is 5.73 Å². The number of benzene rings is 1. The van der Waals surface area contributed by atoms with Gasteiger partial charge in [0.25, 0.3) is 0 Å². The molecule has 1 aromatic carbocycles. The molecular formula is C16H25N. The van der Waals surface area contributed by atoms with Crippen LogP contribution < -0.4 is 5.73 Å². The van der Waals surface area contributed by atoms with E-state index in [-0.39, 0.29) is 5.54 Å². The fourth-order valence-electron chi connectivity index (χ4n) is 3.10. The Morgan fingerprint density at radius 1 is 1.24 bits per heavy atom. The summed E-state index contributed by atoms with van der Waals surface area (Å²) in [7, 11) is 0. The van der Waals surface area contributed by atoms with E-state index in [0.29, 0.717) is 5.92 Å². The van der Waals surface area contributed by atoms with E-state index >= 15 is 0 Å². The third-order valence-corrected chi connectivity index (χ3v) is 4.55. The second kappa shape index (κ2) is 5.22. The van der Waals surface area contributed by atoms with Crippen LogP contribution in [0.25, 0.3) is 0 Å². The Labute approximate surface area is 105 Å². The lowest BCUT2D eigenvalue weighted by molar-refractivity contribution is 0.321. The first-order valence-electron chi connectivity index (χ1n) is 7.05. The van der Waals surface area contributed by atoms with Gasteiger partial charge in [0, 0.05) is 5.54 Å². The Bertz CT molecular complexity index is 366. The highest BCUT2D eigenvalue weighted by molar-refractivity contribution is 5.32. The van der Waals surface area contributed by atoms with Crippen LogP contribution in [0.4, 0.5) is 0 Å². The van der Waals surface area contributed by atoms with Crippen LogP contribution in [0.3, 0.4) is 0 Å². The molecule has 2 N–H and O–H groups in total. The van der Waals surface area contributed by atoms with Crippen LogP contribution in [0.1, 0.15) is 63.0 Å². The summed E-state index contributed by atoms with van der Waals surface area (Å²) in [5.74, 6) is 0.685. The molecule has 1 aliphatic carbocycles. The molecule has 0 saturated carbocycles. The van der Waals surface area contributed by atoms with Gasteiger partial charge >= 0.3 is 0 Å². The summed E-state index contributed by atoms with van der Waals surface area (Å²) in [5, 5.41) is 0. The molecule has 0 heterocycles. The van der Waals surface area contributed by atoms with Crippen LogP contribution in [-0.4, -0.2) is 5.54 Å². The highest BCUT2D eigenvalue weighted by Gasteiger charge is 2.28. The van der Waals surface area contributed by atoms with E-state index in [1.807, 2.05) is 0 Å². The molecule has 0 aliphatic heterocycles. The van der Waals surface area contributed by atoms with Crippen molar-refractivity contribution in [2.24, 2.45) is 5.73 Å². The molecule has 1 unspecified atom stereocenters. The molecule has 94 valence electrons. The highest BCUT2D eigenvalue weighted by Crippen LogP contribution is 2.37. The van der Waals surface area contributed by atoms with Gasteiger partial charge in [-0.3, -0.25) is 0 Å². The van der Waals surface area contributed by atoms with Crippen molar-refractivity contribution in [3.05, 3.63) is 35.4 Å². The summed E-state index contributed by atoms with van der Waals surface area (Å²) in [4.78, 5) is 0. The molecule has 1 heteroatoms. The average Bonchev–Trinajstić information content (AvgIpc) is 2.39. The molecule has 0 bridgehead atoms. The molecule has 0 radical (unpaired) electrons. The Morgan fingerprint density at radius 2 is 1.94 bits per heavy atom. The molecule has 1 atom stereocenters. The van der Waals surface area contributed by atoms with Crippen LogP contribution in [-0.2, 0) is 6.42 Å². The van der Waals surface area contributed by atoms with Gasteiger partial charge in [0.1, 0.15) is 0 Å². The zero-order valence-corrected chi connectivity index (χ0v) is 11.2. The highest BCUT2D eigenvalue weighted by atomic mass is 14.7. The average molecular weight is 231 g/mol. The molecule has 17 heavy (non-hydrogen) atoms. The van der Waals surface area contributed by atoms with E-state index in [0.717, 1.165) is 19.3 Å². The van der Waals surface area contributed by atoms with E-state index in [1.54, 1.807) is 11.1 Å². The van der Waals surface area contributed by atoms with Gasteiger partial charge in [-0.15, -0.1) is 0 Å². The van der Waals surface area contributed by atoms with Crippen LogP contribution >= 0.6 is 0 Å². The maximum atomic E-state index is 6.48. The first kappa shape index (κ1) is 12.6. The van der Waals surface area contributed by atoms with Crippen LogP contribution in [0.5, 0.6) is 0 Å². The van der Waals surface area contributed by atoms with Gasteiger partial charge in [0.2, 0.25) is 0 Å². The lowest BCUT2D eigenvalue weighted by atomic mass is 9.74. The summed E-state index contributed by atoms with van der Waals surface area (Å²) in [6, 6.07) is 8.94. The van der Waals surface area contributed by atoms with Crippen molar-refractivity contribution in [3.8, 4) is 0 Å². The minimum atomic E-state index is 0.0368. The zero-order chi connectivity index (χ0) is 12.3. The van der Waals surface area contributed by atoms with Crippen molar-refractivity contribution in [2.45, 2.75) is 63.8 Å². The quantitative estimate of drug-likeness (QED) is 0.832. The molecule has 1 nitrogen and oxygen atoms in total. The Hall–Kier alpha value is -0.820. The second-order valence-corrected chi connectivity index (χ2v) is 5.56. The number of aryl methyl sites for hydroxylation is 1. The van der Waals surface area contributed by atoms with Gasteiger partial charge in [0.05, 0.1) is 0 Å². The smallest absolute Gasteiger partial charge is 0.0154 e. The summed E-state index contributed by atoms with van der Waals surface area (Å²) >= 11 is 0. The number of nitrogens with two attached hydrogens (primary N) is 1. The summed E-state index contributed by atoms with van der Waals surface area (Å²) in [6.07, 6.45) is 7.21. The number of rotatable bonds is 4. The predicted octanol–water partition coefficient (Wildman–Crippen LogP) is 4.01. The molecule has 1 aromatic rings. The summed E-state index contributed by atoms with van der Waals surface area (Å²) in [6.45, 7) is 4.44. The van der Waals surface area contributed by atoms with Gasteiger partial charge in [0.15, 0.2) is 0 Å². The third-order valence-electron chi connectivity index (χ3n) is 4.55. The van der Waals surface area contributed by atoms with Crippen LogP contribution in [0.15, 0.2) is 24.3 Å². The van der Waals surface area contributed by atoms with Gasteiger partial charge in [-0.2, -0.15) is 0 Å². The number of fused-ring (bicyclic) bond motifs is 1. The van der Waals surface area contributed by atoms with Crippen molar-refractivity contribution in [2.75, 3.05) is 0 Å². The predicted molar refractivity (Wildman–Crippen MR) is 74.2 cm³/mol. The minimum absolute atomic E-state index is 0.0368. The van der Waals surface area contributed by atoms with Gasteiger partial charge in [-0.1, -0.05) is 38.1 Å². The SMILES string of the molecule is CCC(N)(CC)CC1CCCc2ccccc21. The van der Waals surface area contributed by atoms with E-state index in [2.05, 4.69) is 38.1 Å². The van der Waals surface area contributed by atoms with Gasteiger partial charge in [-0.25, -0.2) is 0 Å². The fourth-order valence-corrected chi connectivity index (χ4v) is 3.10. The second-order valence-electron chi connectivity index (χ2n) is 5.56. The first-order chi connectivity index (χ1) is 8.18. The summed E-state index contributed by atoms with van der Waals surface area (Å²) < 4.78 is 0. The van der Waals surface area contributed by atoms with Crippen LogP contribution in [0, 0.1) is 0 Å². The molecule has 0 saturated heterocycles. The number of hydrogen-bond donors (Lipinski definition) is 1. The minimum Gasteiger partial charge on any atom is -0.325 e. The molecule has 0 aromatic heterocycles. The summed E-state index contributed by atoms with van der Waals surface area (Å²) in [5.41, 5.74) is 9.64. The van der Waals surface area contributed by atoms with Gasteiger partial charge in [-0.05, 0) is 55.6 Å². The Morgan fingerprint density at radius 3 is 2.65 bits per heavy atom. The van der Waals surface area contributed by atoms with Crippen molar-refractivity contribution in [1.82, 2.24) is 0 Å². The topological polar surface area (TPSA) is 26.0 Å². The maximum absolute atomic E-state index is 6.48. The van der Waals surface area contributed by atoms with Crippen molar-refractivity contribution < 1.29 is 0 Å². The Kier molecular flexibility index (Phi) is 3.88. The van der Waals surface area contributed by atoms with Crippen LogP contribution in [0.2, 0.25) is 0 Å². The maximum Gasteiger partial charge on any atom is 0.0154 e. The van der Waals surface area contributed by atoms with E-state index < -0.39 is 0 Å². The normalized spacial score (nSPS) is 20.1. The Balaban J connectivity index is 2.19. The molecule has 0 amide bonds. The third kappa shape index (κ3) is 2.71. The lowest BCUT2D eigenvalue weighted by Gasteiger charge is -2.34. The molecule has 0 fully saturated rings. The van der Waals surface area contributed by atoms with Gasteiger partial charge < -0.3 is 5.73 Å². The zero-order valence-electron chi connectivity index (χ0n) is 11.2. The molecular weight excluding hydrogens is 206 g/mol. The van der Waals surface area contributed by atoms with Crippen molar-refractivity contribution >= 4 is 0 Å². The molecule has 2 rings (SSSR count). The number of hydrogen-bond acceptors (Lipinski definition) is 1. The monoisotopic (exact) mass is 231 g/mol. The first-order valence-corrected chi connectivity index (χ1v) is 7.05. The standard InChI is InChI=1S/C16H25N/c1-3-16(17,4-2)12-14-10-7-9-13-8-5-6-11-15(13)14/h5-6,8,11,14H,3-4,7,9-10,12,17H2,1-2H3. The van der Waals surface area contributed by atoms with E-state index in [9.17, 15) is 0 Å². The lowest BCUT2D eigenvalue weighted by Crippen LogP contribution is -2.40. The fraction of sp³-hybridized carbons (Fsp3) is 0.625.